The molecule has 2 N–H and O–H groups in total. The van der Waals surface area contributed by atoms with Gasteiger partial charge in [0.05, 0.1) is 7.11 Å². The maximum atomic E-state index is 12.8. The van der Waals surface area contributed by atoms with Crippen molar-refractivity contribution in [1.82, 2.24) is 5.32 Å². The Kier molecular flexibility index (Phi) is 5.18. The number of hydrogen-bond acceptors (Lipinski definition) is 5. The molecule has 1 amide bonds. The van der Waals surface area contributed by atoms with Gasteiger partial charge in [0.2, 0.25) is 0 Å². The van der Waals surface area contributed by atoms with E-state index >= 15 is 0 Å². The third-order valence-corrected chi connectivity index (χ3v) is 4.03. The highest BCUT2D eigenvalue weighted by Gasteiger charge is 2.49. The lowest BCUT2D eigenvalue weighted by molar-refractivity contribution is -0.138. The van der Waals surface area contributed by atoms with Gasteiger partial charge in [0.15, 0.2) is 5.78 Å². The zero-order valence-electron chi connectivity index (χ0n) is 14.6. The van der Waals surface area contributed by atoms with Crippen molar-refractivity contribution in [2.75, 3.05) is 7.11 Å². The minimum atomic E-state index is -1.35. The van der Waals surface area contributed by atoms with E-state index in [2.05, 4.69) is 5.32 Å². The number of Topliss-reactive ketones (excluding diaryl/α,β-unsaturated/α-hetero) is 1. The number of amides is 1. The summed E-state index contributed by atoms with van der Waals surface area (Å²) in [6, 6.07) is 7.01. The molecule has 6 nitrogen and oxygen atoms in total. The van der Waals surface area contributed by atoms with Crippen LogP contribution in [0.3, 0.4) is 0 Å². The van der Waals surface area contributed by atoms with Gasteiger partial charge in [-0.2, -0.15) is 0 Å². The van der Waals surface area contributed by atoms with Crippen molar-refractivity contribution in [3.8, 4) is 5.75 Å². The summed E-state index contributed by atoms with van der Waals surface area (Å²) in [7, 11) is 1.50. The fraction of sp³-hybridized carbons (Fsp3) is 0.556. The molecule has 0 aromatic heterocycles. The molecule has 0 bridgehead atoms. The molecule has 1 fully saturated rings. The molecule has 24 heavy (non-hydrogen) atoms. The van der Waals surface area contributed by atoms with Crippen LogP contribution in [0.2, 0.25) is 0 Å². The molecule has 6 heteroatoms. The summed E-state index contributed by atoms with van der Waals surface area (Å²) in [5.74, 6) is 0.0418. The normalized spacial score (nSPS) is 24.4. The van der Waals surface area contributed by atoms with Gasteiger partial charge < -0.3 is 19.9 Å². The van der Waals surface area contributed by atoms with E-state index in [-0.39, 0.29) is 0 Å². The van der Waals surface area contributed by atoms with Crippen LogP contribution >= 0.6 is 0 Å². The molecule has 2 unspecified atom stereocenters. The smallest absolute Gasteiger partial charge is 0.408 e. The molecule has 0 radical (unpaired) electrons. The van der Waals surface area contributed by atoms with Crippen molar-refractivity contribution < 1.29 is 24.2 Å². The molecule has 0 spiro atoms. The number of para-hydroxylation sites is 1. The first-order valence-corrected chi connectivity index (χ1v) is 8.06. The van der Waals surface area contributed by atoms with Gasteiger partial charge in [-0.25, -0.2) is 4.79 Å². The minimum Gasteiger partial charge on any atom is -0.496 e. The molecule has 0 heterocycles. The molecule has 0 aliphatic heterocycles. The summed E-state index contributed by atoms with van der Waals surface area (Å²) in [5, 5.41) is 12.8. The quantitative estimate of drug-likeness (QED) is 0.887. The number of nitrogens with one attached hydrogen (secondary N) is 1. The van der Waals surface area contributed by atoms with E-state index in [1.807, 2.05) is 0 Å². The Morgan fingerprint density at radius 3 is 2.62 bits per heavy atom. The van der Waals surface area contributed by atoms with Gasteiger partial charge in [-0.1, -0.05) is 18.2 Å². The monoisotopic (exact) mass is 335 g/mol. The molecule has 1 aromatic rings. The molecule has 1 aliphatic carbocycles. The molecular weight excluding hydrogens is 310 g/mol. The summed E-state index contributed by atoms with van der Waals surface area (Å²) in [5.41, 5.74) is -1.52. The Morgan fingerprint density at radius 2 is 2.00 bits per heavy atom. The summed E-state index contributed by atoms with van der Waals surface area (Å²) in [6.45, 7) is 5.25. The van der Waals surface area contributed by atoms with Crippen molar-refractivity contribution in [1.29, 1.82) is 0 Å². The topological polar surface area (TPSA) is 84.9 Å². The van der Waals surface area contributed by atoms with Gasteiger partial charge in [0, 0.05) is 5.56 Å². The van der Waals surface area contributed by atoms with Crippen LogP contribution in [0.5, 0.6) is 5.75 Å². The van der Waals surface area contributed by atoms with E-state index in [1.165, 1.54) is 7.11 Å². The number of benzene rings is 1. The third-order valence-electron chi connectivity index (χ3n) is 4.03. The van der Waals surface area contributed by atoms with E-state index < -0.39 is 29.1 Å². The number of aliphatic hydroxyl groups is 1. The number of rotatable bonds is 3. The van der Waals surface area contributed by atoms with Crippen LogP contribution in [-0.2, 0) is 15.1 Å². The predicted octanol–water partition coefficient (Wildman–Crippen LogP) is 2.53. The molecular formula is C18H25NO5. The first kappa shape index (κ1) is 18.3. The van der Waals surface area contributed by atoms with Crippen molar-refractivity contribution in [2.24, 2.45) is 0 Å². The summed E-state index contributed by atoms with van der Waals surface area (Å²) < 4.78 is 10.7. The fourth-order valence-electron chi connectivity index (χ4n) is 3.03. The number of carbonyl (C=O) groups is 2. The number of aliphatic hydroxyl groups excluding tert-OH is 1. The molecule has 2 rings (SSSR count). The number of hydrogen-bond donors (Lipinski definition) is 2. The van der Waals surface area contributed by atoms with Crippen molar-refractivity contribution >= 4 is 11.9 Å². The minimum absolute atomic E-state index is 0.377. The lowest BCUT2D eigenvalue weighted by Crippen LogP contribution is -2.58. The largest absolute Gasteiger partial charge is 0.496 e. The second kappa shape index (κ2) is 6.81. The Balaban J connectivity index is 2.46. The first-order chi connectivity index (χ1) is 11.2. The molecule has 0 saturated heterocycles. The Bertz CT molecular complexity index is 622. The predicted molar refractivity (Wildman–Crippen MR) is 88.9 cm³/mol. The molecule has 1 aliphatic rings. The standard InChI is InChI=1S/C18H25NO5/c1-17(2,3)24-16(22)19-18(11-7-9-13(20)15(18)21)12-8-5-6-10-14(12)23-4/h5-6,8,10,13,20H,7,9,11H2,1-4H3,(H,19,22). The highest BCUT2D eigenvalue weighted by Crippen LogP contribution is 2.39. The maximum absolute atomic E-state index is 12.8. The second-order valence-electron chi connectivity index (χ2n) is 7.00. The average Bonchev–Trinajstić information content (AvgIpc) is 2.50. The SMILES string of the molecule is COc1ccccc1C1(NC(=O)OC(C)(C)C)CCCC(O)C1=O. The Hall–Kier alpha value is -2.08. The van der Waals surface area contributed by atoms with E-state index in [0.29, 0.717) is 30.6 Å². The van der Waals surface area contributed by atoms with Crippen molar-refractivity contribution in [3.05, 3.63) is 29.8 Å². The van der Waals surface area contributed by atoms with Crippen LogP contribution in [-0.4, -0.2) is 35.8 Å². The second-order valence-corrected chi connectivity index (χ2v) is 7.00. The van der Waals surface area contributed by atoms with Crippen LogP contribution in [0.1, 0.15) is 45.6 Å². The first-order valence-electron chi connectivity index (χ1n) is 8.06. The number of methoxy groups -OCH3 is 1. The van der Waals surface area contributed by atoms with Crippen LogP contribution in [0, 0.1) is 0 Å². The van der Waals surface area contributed by atoms with Gasteiger partial charge in [-0.3, -0.25) is 4.79 Å². The van der Waals surface area contributed by atoms with Crippen molar-refractivity contribution in [2.45, 2.75) is 57.3 Å². The highest BCUT2D eigenvalue weighted by molar-refractivity contribution is 5.97. The number of ketones is 1. The van der Waals surface area contributed by atoms with Gasteiger partial charge >= 0.3 is 6.09 Å². The maximum Gasteiger partial charge on any atom is 0.408 e. The molecule has 1 saturated carbocycles. The van der Waals surface area contributed by atoms with Crippen LogP contribution < -0.4 is 10.1 Å². The molecule has 1 aromatic carbocycles. The Morgan fingerprint density at radius 1 is 1.33 bits per heavy atom. The van der Waals surface area contributed by atoms with Gasteiger partial charge in [0.25, 0.3) is 0 Å². The van der Waals surface area contributed by atoms with Gasteiger partial charge in [0.1, 0.15) is 23.0 Å². The third kappa shape index (κ3) is 3.70. The van der Waals surface area contributed by atoms with E-state index in [4.69, 9.17) is 9.47 Å². The lowest BCUT2D eigenvalue weighted by Gasteiger charge is -2.39. The zero-order chi connectivity index (χ0) is 18.0. The summed E-state index contributed by atoms with van der Waals surface area (Å²) in [6.07, 6.45) is -0.468. The van der Waals surface area contributed by atoms with Gasteiger partial charge in [-0.05, 0) is 46.1 Å². The fourth-order valence-corrected chi connectivity index (χ4v) is 3.03. The van der Waals surface area contributed by atoms with Crippen LogP contribution in [0.15, 0.2) is 24.3 Å². The number of alkyl carbamates (subject to hydrolysis) is 1. The molecule has 132 valence electrons. The van der Waals surface area contributed by atoms with Gasteiger partial charge in [-0.15, -0.1) is 0 Å². The average molecular weight is 335 g/mol. The van der Waals surface area contributed by atoms with Crippen LogP contribution in [0.4, 0.5) is 4.79 Å². The van der Waals surface area contributed by atoms with E-state index in [1.54, 1.807) is 45.0 Å². The number of carbonyl (C=O) groups excluding carboxylic acids is 2. The van der Waals surface area contributed by atoms with E-state index in [9.17, 15) is 14.7 Å². The summed E-state index contributed by atoms with van der Waals surface area (Å²) >= 11 is 0. The van der Waals surface area contributed by atoms with E-state index in [0.717, 1.165) is 0 Å². The van der Waals surface area contributed by atoms with Crippen molar-refractivity contribution in [3.63, 3.8) is 0 Å². The zero-order valence-corrected chi connectivity index (χ0v) is 14.6. The Labute approximate surface area is 142 Å². The summed E-state index contributed by atoms with van der Waals surface area (Å²) in [4.78, 5) is 25.2. The highest BCUT2D eigenvalue weighted by atomic mass is 16.6. The lowest BCUT2D eigenvalue weighted by atomic mass is 9.74. The molecule has 2 atom stereocenters. The van der Waals surface area contributed by atoms with Crippen LogP contribution in [0.25, 0.3) is 0 Å². The number of ether oxygens (including phenoxy) is 2.